The number of nitrogens with one attached hydrogen (secondary N) is 1. The fourth-order valence-electron chi connectivity index (χ4n) is 2.82. The molecule has 0 atom stereocenters. The Balaban J connectivity index is 2.05. The fraction of sp³-hybridized carbons (Fsp3) is 0.353. The zero-order valence-electron chi connectivity index (χ0n) is 12.9. The molecule has 0 aromatic heterocycles. The molecule has 0 bridgehead atoms. The normalized spacial score (nSPS) is 21.7. The molecule has 0 amide bonds. The number of carbonyl (C=O) groups is 1. The van der Waals surface area contributed by atoms with Crippen LogP contribution in [0.4, 0.5) is 5.69 Å². The highest BCUT2D eigenvalue weighted by molar-refractivity contribution is 8.04. The Kier molecular flexibility index (Phi) is 3.36. The first kappa shape index (κ1) is 14.3. The van der Waals surface area contributed by atoms with Gasteiger partial charge in [0.2, 0.25) is 0 Å². The minimum atomic E-state index is -0.153. The van der Waals surface area contributed by atoms with Gasteiger partial charge in [0, 0.05) is 41.9 Å². The van der Waals surface area contributed by atoms with E-state index in [1.165, 1.54) is 0 Å². The van der Waals surface area contributed by atoms with Crippen molar-refractivity contribution >= 4 is 23.2 Å². The number of allylic oxidation sites excluding steroid dienone is 3. The van der Waals surface area contributed by atoms with E-state index in [4.69, 9.17) is 0 Å². The standard InChI is InChI=1S/C17H20N2OS/c1-17(2)9-13-16(15(20)11(17)10-19(3)4)21-14-8-6-5-7-12(14)18-13/h5-8,10,18H,9H2,1-4H3/b11-10-. The van der Waals surface area contributed by atoms with Gasteiger partial charge in [-0.25, -0.2) is 0 Å². The van der Waals surface area contributed by atoms with Crippen LogP contribution in [0, 0.1) is 5.41 Å². The third-order valence-corrected chi connectivity index (χ3v) is 5.06. The van der Waals surface area contributed by atoms with Gasteiger partial charge in [0.25, 0.3) is 0 Å². The Morgan fingerprint density at radius 3 is 2.71 bits per heavy atom. The number of hydrogen-bond donors (Lipinski definition) is 1. The highest BCUT2D eigenvalue weighted by atomic mass is 32.2. The van der Waals surface area contributed by atoms with Crippen LogP contribution >= 0.6 is 11.8 Å². The molecule has 0 spiro atoms. The minimum absolute atomic E-state index is 0.153. The first-order valence-corrected chi connectivity index (χ1v) is 7.90. The zero-order valence-corrected chi connectivity index (χ0v) is 13.7. The predicted octanol–water partition coefficient (Wildman–Crippen LogP) is 3.86. The molecule has 0 fully saturated rings. The molecular weight excluding hydrogens is 280 g/mol. The fourth-order valence-corrected chi connectivity index (χ4v) is 3.86. The van der Waals surface area contributed by atoms with Crippen LogP contribution in [0.5, 0.6) is 0 Å². The van der Waals surface area contributed by atoms with Crippen molar-refractivity contribution in [2.75, 3.05) is 19.4 Å². The number of benzene rings is 1. The van der Waals surface area contributed by atoms with Crippen LogP contribution in [0.2, 0.25) is 0 Å². The summed E-state index contributed by atoms with van der Waals surface area (Å²) >= 11 is 1.59. The maximum atomic E-state index is 12.9. The average Bonchev–Trinajstić information content (AvgIpc) is 2.41. The smallest absolute Gasteiger partial charge is 0.199 e. The van der Waals surface area contributed by atoms with Crippen molar-refractivity contribution < 1.29 is 4.79 Å². The quantitative estimate of drug-likeness (QED) is 0.798. The third kappa shape index (κ3) is 2.48. The monoisotopic (exact) mass is 300 g/mol. The van der Waals surface area contributed by atoms with E-state index in [1.807, 2.05) is 37.3 Å². The molecule has 1 aromatic carbocycles. The second-order valence-corrected chi connectivity index (χ2v) is 7.48. The van der Waals surface area contributed by atoms with Gasteiger partial charge >= 0.3 is 0 Å². The van der Waals surface area contributed by atoms with E-state index in [1.54, 1.807) is 11.8 Å². The van der Waals surface area contributed by atoms with Gasteiger partial charge in [0.15, 0.2) is 5.78 Å². The number of Topliss-reactive ketones (excluding diaryl/α,β-unsaturated/α-hetero) is 1. The van der Waals surface area contributed by atoms with Crippen molar-refractivity contribution in [3.8, 4) is 0 Å². The average molecular weight is 300 g/mol. The number of carbonyl (C=O) groups excluding carboxylic acids is 1. The summed E-state index contributed by atoms with van der Waals surface area (Å²) < 4.78 is 0. The van der Waals surface area contributed by atoms with E-state index >= 15 is 0 Å². The maximum absolute atomic E-state index is 12.9. The van der Waals surface area contributed by atoms with Crippen molar-refractivity contribution in [1.29, 1.82) is 0 Å². The van der Waals surface area contributed by atoms with Gasteiger partial charge in [0.05, 0.1) is 10.6 Å². The molecule has 2 aliphatic rings. The van der Waals surface area contributed by atoms with Gasteiger partial charge in [-0.05, 0) is 18.6 Å². The summed E-state index contributed by atoms with van der Waals surface area (Å²) in [6, 6.07) is 8.14. The predicted molar refractivity (Wildman–Crippen MR) is 88.1 cm³/mol. The summed E-state index contributed by atoms with van der Waals surface area (Å²) in [7, 11) is 3.92. The van der Waals surface area contributed by atoms with Crippen LogP contribution in [-0.4, -0.2) is 24.8 Å². The summed E-state index contributed by atoms with van der Waals surface area (Å²) in [5.74, 6) is 0.155. The Morgan fingerprint density at radius 1 is 1.29 bits per heavy atom. The van der Waals surface area contributed by atoms with Crippen LogP contribution in [0.15, 0.2) is 51.5 Å². The highest BCUT2D eigenvalue weighted by Gasteiger charge is 2.40. The van der Waals surface area contributed by atoms with Gasteiger partial charge in [-0.3, -0.25) is 4.79 Å². The first-order chi connectivity index (χ1) is 9.88. The number of rotatable bonds is 1. The van der Waals surface area contributed by atoms with Crippen LogP contribution in [0.25, 0.3) is 0 Å². The molecule has 0 saturated heterocycles. The van der Waals surface area contributed by atoms with E-state index in [0.29, 0.717) is 0 Å². The Labute approximate surface area is 130 Å². The van der Waals surface area contributed by atoms with Gasteiger partial charge in [-0.15, -0.1) is 0 Å². The molecule has 0 radical (unpaired) electrons. The third-order valence-electron chi connectivity index (χ3n) is 3.84. The molecule has 0 unspecified atom stereocenters. The Morgan fingerprint density at radius 2 is 2.00 bits per heavy atom. The molecule has 1 aliphatic carbocycles. The number of fused-ring (bicyclic) bond motifs is 1. The van der Waals surface area contributed by atoms with Crippen molar-refractivity contribution in [3.63, 3.8) is 0 Å². The molecule has 21 heavy (non-hydrogen) atoms. The highest BCUT2D eigenvalue weighted by Crippen LogP contribution is 2.49. The lowest BCUT2D eigenvalue weighted by Gasteiger charge is -2.37. The van der Waals surface area contributed by atoms with Gasteiger partial charge < -0.3 is 10.2 Å². The lowest BCUT2D eigenvalue weighted by Crippen LogP contribution is -2.32. The molecule has 1 aliphatic heterocycles. The zero-order chi connectivity index (χ0) is 15.2. The minimum Gasteiger partial charge on any atom is -0.383 e. The number of thioether (sulfide) groups is 1. The summed E-state index contributed by atoms with van der Waals surface area (Å²) in [5.41, 5.74) is 2.90. The largest absolute Gasteiger partial charge is 0.383 e. The van der Waals surface area contributed by atoms with Crippen molar-refractivity contribution in [3.05, 3.63) is 46.6 Å². The second-order valence-electron chi connectivity index (χ2n) is 6.43. The molecule has 3 nitrogen and oxygen atoms in total. The molecule has 1 heterocycles. The number of anilines is 1. The van der Waals surface area contributed by atoms with Gasteiger partial charge in [-0.2, -0.15) is 0 Å². The van der Waals surface area contributed by atoms with E-state index in [-0.39, 0.29) is 11.2 Å². The molecular formula is C17H20N2OS. The maximum Gasteiger partial charge on any atom is 0.199 e. The number of ketones is 1. The molecule has 1 N–H and O–H groups in total. The van der Waals surface area contributed by atoms with Crippen LogP contribution < -0.4 is 5.32 Å². The Bertz CT molecular complexity index is 671. The van der Waals surface area contributed by atoms with Gasteiger partial charge in [0.1, 0.15) is 0 Å². The molecule has 3 rings (SSSR count). The summed E-state index contributed by atoms with van der Waals surface area (Å²) in [4.78, 5) is 16.8. The van der Waals surface area contributed by atoms with E-state index in [9.17, 15) is 4.79 Å². The number of hydrogen-bond acceptors (Lipinski definition) is 4. The SMILES string of the molecule is CN(C)/C=C1/C(=O)C2=C(CC1(C)C)Nc1ccccc1S2. The van der Waals surface area contributed by atoms with Crippen LogP contribution in [0.1, 0.15) is 20.3 Å². The van der Waals surface area contributed by atoms with E-state index < -0.39 is 0 Å². The van der Waals surface area contributed by atoms with Crippen LogP contribution in [0.3, 0.4) is 0 Å². The summed E-state index contributed by atoms with van der Waals surface area (Å²) in [6.45, 7) is 4.27. The summed E-state index contributed by atoms with van der Waals surface area (Å²) in [5, 5.41) is 3.46. The number of para-hydroxylation sites is 1. The van der Waals surface area contributed by atoms with Crippen molar-refractivity contribution in [2.24, 2.45) is 5.41 Å². The van der Waals surface area contributed by atoms with Crippen LogP contribution in [-0.2, 0) is 4.79 Å². The Hall–Kier alpha value is -1.68. The molecule has 1 aromatic rings. The second kappa shape index (κ2) is 4.95. The summed E-state index contributed by atoms with van der Waals surface area (Å²) in [6.07, 6.45) is 2.82. The lowest BCUT2D eigenvalue weighted by atomic mass is 9.74. The molecule has 0 saturated carbocycles. The molecule has 110 valence electrons. The van der Waals surface area contributed by atoms with Crippen molar-refractivity contribution in [2.45, 2.75) is 25.2 Å². The first-order valence-electron chi connectivity index (χ1n) is 7.09. The number of nitrogens with zero attached hydrogens (tertiary/aromatic N) is 1. The van der Waals surface area contributed by atoms with Gasteiger partial charge in [-0.1, -0.05) is 37.7 Å². The molecule has 4 heteroatoms. The van der Waals surface area contributed by atoms with Crippen molar-refractivity contribution in [1.82, 2.24) is 4.90 Å². The van der Waals surface area contributed by atoms with E-state index in [2.05, 4.69) is 31.3 Å². The van der Waals surface area contributed by atoms with E-state index in [0.717, 1.165) is 33.2 Å². The topological polar surface area (TPSA) is 32.3 Å². The lowest BCUT2D eigenvalue weighted by molar-refractivity contribution is -0.113.